The second-order valence-corrected chi connectivity index (χ2v) is 4.11. The SMILES string of the molecule is CCn1c(=O)ccc2cnc(Nc3ccncn3)nc21. The van der Waals surface area contributed by atoms with E-state index in [9.17, 15) is 4.79 Å². The van der Waals surface area contributed by atoms with E-state index in [2.05, 4.69) is 25.3 Å². The number of pyridine rings is 1. The van der Waals surface area contributed by atoms with Gasteiger partial charge in [0.15, 0.2) is 0 Å². The fourth-order valence-electron chi connectivity index (χ4n) is 1.92. The van der Waals surface area contributed by atoms with Crippen molar-refractivity contribution in [2.75, 3.05) is 5.32 Å². The summed E-state index contributed by atoms with van der Waals surface area (Å²) in [4.78, 5) is 28.3. The molecule has 20 heavy (non-hydrogen) atoms. The largest absolute Gasteiger partial charge is 0.309 e. The molecule has 0 atom stereocenters. The van der Waals surface area contributed by atoms with Gasteiger partial charge in [0, 0.05) is 30.4 Å². The molecule has 0 aromatic carbocycles. The fraction of sp³-hybridized carbons (Fsp3) is 0.154. The highest BCUT2D eigenvalue weighted by atomic mass is 16.1. The van der Waals surface area contributed by atoms with Gasteiger partial charge < -0.3 is 5.32 Å². The van der Waals surface area contributed by atoms with Gasteiger partial charge in [-0.3, -0.25) is 9.36 Å². The standard InChI is InChI=1S/C13H12N6O/c1-2-19-11(20)4-3-9-7-15-13(18-12(9)19)17-10-5-6-14-8-16-10/h3-8H,2H2,1H3,(H,14,15,16,17,18). The summed E-state index contributed by atoms with van der Waals surface area (Å²) >= 11 is 0. The van der Waals surface area contributed by atoms with Crippen LogP contribution in [-0.4, -0.2) is 24.5 Å². The van der Waals surface area contributed by atoms with Gasteiger partial charge in [0.25, 0.3) is 5.56 Å². The van der Waals surface area contributed by atoms with Crippen molar-refractivity contribution in [3.63, 3.8) is 0 Å². The summed E-state index contributed by atoms with van der Waals surface area (Å²) < 4.78 is 1.60. The van der Waals surface area contributed by atoms with Crippen LogP contribution in [0.15, 0.2) is 41.7 Å². The van der Waals surface area contributed by atoms with Crippen LogP contribution in [0.4, 0.5) is 11.8 Å². The van der Waals surface area contributed by atoms with Crippen LogP contribution in [-0.2, 0) is 6.54 Å². The Kier molecular flexibility index (Phi) is 3.08. The van der Waals surface area contributed by atoms with Crippen LogP contribution >= 0.6 is 0 Å². The normalized spacial score (nSPS) is 10.7. The van der Waals surface area contributed by atoms with Crippen LogP contribution in [0.5, 0.6) is 0 Å². The maximum atomic E-state index is 11.8. The molecule has 3 rings (SSSR count). The molecule has 0 spiro atoms. The molecule has 7 nitrogen and oxygen atoms in total. The quantitative estimate of drug-likeness (QED) is 0.771. The zero-order valence-electron chi connectivity index (χ0n) is 10.8. The summed E-state index contributed by atoms with van der Waals surface area (Å²) in [6, 6.07) is 4.95. The molecule has 3 heterocycles. The minimum absolute atomic E-state index is 0.0771. The number of hydrogen-bond acceptors (Lipinski definition) is 6. The molecule has 1 N–H and O–H groups in total. The van der Waals surface area contributed by atoms with E-state index in [1.807, 2.05) is 6.92 Å². The van der Waals surface area contributed by atoms with Crippen molar-refractivity contribution < 1.29 is 0 Å². The van der Waals surface area contributed by atoms with Crippen molar-refractivity contribution in [1.29, 1.82) is 0 Å². The average molecular weight is 268 g/mol. The molecular formula is C13H12N6O. The van der Waals surface area contributed by atoms with Crippen molar-refractivity contribution in [3.8, 4) is 0 Å². The molecule has 0 aliphatic rings. The topological polar surface area (TPSA) is 85.6 Å². The van der Waals surface area contributed by atoms with E-state index in [4.69, 9.17) is 0 Å². The molecule has 0 saturated carbocycles. The maximum Gasteiger partial charge on any atom is 0.252 e. The number of nitrogens with one attached hydrogen (secondary N) is 1. The van der Waals surface area contributed by atoms with Crippen LogP contribution in [0, 0.1) is 0 Å². The number of nitrogens with zero attached hydrogens (tertiary/aromatic N) is 5. The molecule has 0 amide bonds. The van der Waals surface area contributed by atoms with Crippen LogP contribution < -0.4 is 10.9 Å². The lowest BCUT2D eigenvalue weighted by atomic mass is 10.3. The van der Waals surface area contributed by atoms with Gasteiger partial charge in [-0.05, 0) is 19.1 Å². The Balaban J connectivity index is 2.08. The predicted molar refractivity (Wildman–Crippen MR) is 74.8 cm³/mol. The number of aromatic nitrogens is 5. The molecule has 0 fully saturated rings. The molecule has 3 aromatic heterocycles. The summed E-state index contributed by atoms with van der Waals surface area (Å²) in [6.45, 7) is 2.46. The van der Waals surface area contributed by atoms with Crippen LogP contribution in [0.3, 0.4) is 0 Å². The van der Waals surface area contributed by atoms with E-state index in [1.54, 1.807) is 29.1 Å². The predicted octanol–water partition coefficient (Wildman–Crippen LogP) is 1.34. The first-order valence-corrected chi connectivity index (χ1v) is 6.17. The number of rotatable bonds is 3. The minimum atomic E-state index is -0.0771. The Morgan fingerprint density at radius 1 is 1.25 bits per heavy atom. The minimum Gasteiger partial charge on any atom is -0.309 e. The van der Waals surface area contributed by atoms with Crippen molar-refractivity contribution in [3.05, 3.63) is 47.3 Å². The Hall–Kier alpha value is -2.83. The van der Waals surface area contributed by atoms with Gasteiger partial charge in [-0.15, -0.1) is 0 Å². The second-order valence-electron chi connectivity index (χ2n) is 4.11. The van der Waals surface area contributed by atoms with Crippen LogP contribution in [0.1, 0.15) is 6.92 Å². The molecule has 100 valence electrons. The Morgan fingerprint density at radius 3 is 2.90 bits per heavy atom. The van der Waals surface area contributed by atoms with E-state index < -0.39 is 0 Å². The van der Waals surface area contributed by atoms with Crippen molar-refractivity contribution >= 4 is 22.8 Å². The lowest BCUT2D eigenvalue weighted by Gasteiger charge is -2.08. The zero-order valence-corrected chi connectivity index (χ0v) is 10.8. The highest BCUT2D eigenvalue weighted by molar-refractivity contribution is 5.75. The molecule has 0 unspecified atom stereocenters. The second kappa shape index (κ2) is 5.04. The van der Waals surface area contributed by atoms with E-state index in [1.165, 1.54) is 12.4 Å². The van der Waals surface area contributed by atoms with Crippen molar-refractivity contribution in [2.45, 2.75) is 13.5 Å². The average Bonchev–Trinajstić information content (AvgIpc) is 2.48. The van der Waals surface area contributed by atoms with Gasteiger partial charge in [0.2, 0.25) is 5.95 Å². The summed E-state index contributed by atoms with van der Waals surface area (Å²) in [5.41, 5.74) is 0.526. The lowest BCUT2D eigenvalue weighted by Crippen LogP contribution is -2.19. The monoisotopic (exact) mass is 268 g/mol. The Labute approximate surface area is 114 Å². The first-order valence-electron chi connectivity index (χ1n) is 6.17. The van der Waals surface area contributed by atoms with Gasteiger partial charge in [-0.25, -0.2) is 15.0 Å². The van der Waals surface area contributed by atoms with E-state index in [0.29, 0.717) is 24.0 Å². The highest BCUT2D eigenvalue weighted by Crippen LogP contribution is 2.13. The smallest absolute Gasteiger partial charge is 0.252 e. The van der Waals surface area contributed by atoms with Gasteiger partial charge >= 0.3 is 0 Å². The van der Waals surface area contributed by atoms with E-state index in [0.717, 1.165) is 5.39 Å². The summed E-state index contributed by atoms with van der Waals surface area (Å²) in [6.07, 6.45) is 4.74. The van der Waals surface area contributed by atoms with Gasteiger partial charge in [-0.1, -0.05) is 0 Å². The van der Waals surface area contributed by atoms with Crippen LogP contribution in [0.25, 0.3) is 11.0 Å². The Morgan fingerprint density at radius 2 is 2.15 bits per heavy atom. The number of aryl methyl sites for hydroxylation is 1. The first kappa shape index (κ1) is 12.2. The molecule has 0 aliphatic heterocycles. The fourth-order valence-corrected chi connectivity index (χ4v) is 1.92. The Bertz CT molecular complexity index is 799. The number of hydrogen-bond donors (Lipinski definition) is 1. The summed E-state index contributed by atoms with van der Waals surface area (Å²) in [5.74, 6) is 0.990. The highest BCUT2D eigenvalue weighted by Gasteiger charge is 2.06. The van der Waals surface area contributed by atoms with Gasteiger partial charge in [0.1, 0.15) is 17.8 Å². The van der Waals surface area contributed by atoms with E-state index in [-0.39, 0.29) is 5.56 Å². The first-order chi connectivity index (χ1) is 9.78. The molecule has 0 saturated heterocycles. The third kappa shape index (κ3) is 2.20. The lowest BCUT2D eigenvalue weighted by molar-refractivity contribution is 0.749. The molecule has 0 radical (unpaired) electrons. The third-order valence-electron chi connectivity index (χ3n) is 2.86. The van der Waals surface area contributed by atoms with Crippen LogP contribution in [0.2, 0.25) is 0 Å². The number of fused-ring (bicyclic) bond motifs is 1. The zero-order chi connectivity index (χ0) is 13.9. The molecule has 3 aromatic rings. The van der Waals surface area contributed by atoms with Gasteiger partial charge in [-0.2, -0.15) is 4.98 Å². The van der Waals surface area contributed by atoms with Crippen molar-refractivity contribution in [1.82, 2.24) is 24.5 Å². The summed E-state index contributed by atoms with van der Waals surface area (Å²) in [7, 11) is 0. The third-order valence-corrected chi connectivity index (χ3v) is 2.86. The molecular weight excluding hydrogens is 256 g/mol. The molecule has 0 bridgehead atoms. The molecule has 7 heteroatoms. The van der Waals surface area contributed by atoms with E-state index >= 15 is 0 Å². The molecule has 0 aliphatic carbocycles. The van der Waals surface area contributed by atoms with Gasteiger partial charge in [0.05, 0.1) is 0 Å². The number of anilines is 2. The van der Waals surface area contributed by atoms with Crippen molar-refractivity contribution in [2.24, 2.45) is 0 Å². The summed E-state index contributed by atoms with van der Waals surface area (Å²) in [5, 5.41) is 3.80. The maximum absolute atomic E-state index is 11.8.